The van der Waals surface area contributed by atoms with Crippen molar-refractivity contribution in [3.63, 3.8) is 0 Å². The molecule has 116 valence electrons. The lowest BCUT2D eigenvalue weighted by atomic mass is 10.1. The van der Waals surface area contributed by atoms with Gasteiger partial charge in [-0.25, -0.2) is 0 Å². The maximum Gasteiger partial charge on any atom is 0.418 e. The molecular formula is C15H18F3NO2. The van der Waals surface area contributed by atoms with Gasteiger partial charge in [0.05, 0.1) is 11.7 Å². The molecule has 1 unspecified atom stereocenters. The molecule has 21 heavy (non-hydrogen) atoms. The highest BCUT2D eigenvalue weighted by atomic mass is 19.4. The second-order valence-corrected chi connectivity index (χ2v) is 5.26. The SMILES string of the molecule is CN(CC1CCCCO1)c1ccc(C=O)cc1C(F)(F)F. The summed E-state index contributed by atoms with van der Waals surface area (Å²) in [6, 6.07) is 3.63. The third-order valence-electron chi connectivity index (χ3n) is 3.62. The minimum absolute atomic E-state index is 0.0217. The van der Waals surface area contributed by atoms with Gasteiger partial charge in [-0.3, -0.25) is 4.79 Å². The number of carbonyl (C=O) groups excluding carboxylic acids is 1. The summed E-state index contributed by atoms with van der Waals surface area (Å²) in [5.41, 5.74) is -0.693. The van der Waals surface area contributed by atoms with Crippen LogP contribution < -0.4 is 4.90 Å². The van der Waals surface area contributed by atoms with E-state index in [4.69, 9.17) is 4.74 Å². The van der Waals surface area contributed by atoms with Gasteiger partial charge in [0.1, 0.15) is 6.29 Å². The smallest absolute Gasteiger partial charge is 0.376 e. The third-order valence-corrected chi connectivity index (χ3v) is 3.62. The Kier molecular flexibility index (Phi) is 4.88. The fourth-order valence-electron chi connectivity index (χ4n) is 2.54. The average Bonchev–Trinajstić information content (AvgIpc) is 2.46. The molecule has 0 aromatic heterocycles. The fraction of sp³-hybridized carbons (Fsp3) is 0.533. The minimum Gasteiger partial charge on any atom is -0.376 e. The Bertz CT molecular complexity index is 496. The number of hydrogen-bond donors (Lipinski definition) is 0. The minimum atomic E-state index is -4.49. The Hall–Kier alpha value is -1.56. The lowest BCUT2D eigenvalue weighted by Crippen LogP contribution is -2.34. The highest BCUT2D eigenvalue weighted by Gasteiger charge is 2.35. The standard InChI is InChI=1S/C15H18F3NO2/c1-19(9-12-4-2-3-7-21-12)14-6-5-11(10-20)8-13(14)15(16,17)18/h5-6,8,10,12H,2-4,7,9H2,1H3. The summed E-state index contributed by atoms with van der Waals surface area (Å²) in [7, 11) is 1.61. The molecule has 0 amide bonds. The molecule has 0 N–H and O–H groups in total. The van der Waals surface area contributed by atoms with Crippen molar-refractivity contribution >= 4 is 12.0 Å². The first kappa shape index (κ1) is 15.8. The fourth-order valence-corrected chi connectivity index (χ4v) is 2.54. The average molecular weight is 301 g/mol. The number of likely N-dealkylation sites (N-methyl/N-ethyl adjacent to an activating group) is 1. The first-order valence-electron chi connectivity index (χ1n) is 6.91. The van der Waals surface area contributed by atoms with Crippen LogP contribution in [0, 0.1) is 0 Å². The predicted molar refractivity (Wildman–Crippen MR) is 73.7 cm³/mol. The van der Waals surface area contributed by atoms with Crippen LogP contribution in [-0.2, 0) is 10.9 Å². The number of nitrogens with zero attached hydrogens (tertiary/aromatic N) is 1. The molecule has 2 rings (SSSR count). The number of rotatable bonds is 4. The van der Waals surface area contributed by atoms with Crippen molar-refractivity contribution in [1.29, 1.82) is 0 Å². The van der Waals surface area contributed by atoms with Crippen molar-refractivity contribution in [1.82, 2.24) is 0 Å². The van der Waals surface area contributed by atoms with E-state index in [0.29, 0.717) is 19.4 Å². The summed E-state index contributed by atoms with van der Waals surface area (Å²) in [4.78, 5) is 12.2. The van der Waals surface area contributed by atoms with Gasteiger partial charge < -0.3 is 9.64 Å². The number of hydrogen-bond acceptors (Lipinski definition) is 3. The van der Waals surface area contributed by atoms with E-state index in [9.17, 15) is 18.0 Å². The topological polar surface area (TPSA) is 29.5 Å². The van der Waals surface area contributed by atoms with E-state index < -0.39 is 11.7 Å². The van der Waals surface area contributed by atoms with Crippen LogP contribution in [0.5, 0.6) is 0 Å². The Morgan fingerprint density at radius 1 is 1.38 bits per heavy atom. The van der Waals surface area contributed by atoms with Crippen LogP contribution in [0.4, 0.5) is 18.9 Å². The van der Waals surface area contributed by atoms with Gasteiger partial charge in [-0.15, -0.1) is 0 Å². The molecule has 3 nitrogen and oxygen atoms in total. The largest absolute Gasteiger partial charge is 0.418 e. The Morgan fingerprint density at radius 3 is 2.71 bits per heavy atom. The summed E-state index contributed by atoms with van der Waals surface area (Å²) in [6.45, 7) is 1.07. The van der Waals surface area contributed by atoms with Crippen LogP contribution >= 0.6 is 0 Å². The van der Waals surface area contributed by atoms with Gasteiger partial charge in [0.15, 0.2) is 0 Å². The molecule has 1 heterocycles. The summed E-state index contributed by atoms with van der Waals surface area (Å²) >= 11 is 0. The summed E-state index contributed by atoms with van der Waals surface area (Å²) in [5.74, 6) is 0. The van der Waals surface area contributed by atoms with Crippen LogP contribution in [-0.4, -0.2) is 32.6 Å². The van der Waals surface area contributed by atoms with E-state index in [1.54, 1.807) is 11.9 Å². The first-order chi connectivity index (χ1) is 9.91. The molecule has 0 spiro atoms. The molecule has 0 bridgehead atoms. The van der Waals surface area contributed by atoms with E-state index in [1.165, 1.54) is 12.1 Å². The van der Waals surface area contributed by atoms with Crippen LogP contribution in [0.25, 0.3) is 0 Å². The molecule has 1 aliphatic rings. The van der Waals surface area contributed by atoms with E-state index in [1.807, 2.05) is 0 Å². The summed E-state index contributed by atoms with van der Waals surface area (Å²) in [6.07, 6.45) is -1.22. The monoisotopic (exact) mass is 301 g/mol. The lowest BCUT2D eigenvalue weighted by Gasteiger charge is -2.30. The van der Waals surface area contributed by atoms with E-state index in [0.717, 1.165) is 25.3 Å². The van der Waals surface area contributed by atoms with Gasteiger partial charge in [0.2, 0.25) is 0 Å². The Balaban J connectivity index is 2.22. The van der Waals surface area contributed by atoms with Gasteiger partial charge in [-0.05, 0) is 37.5 Å². The Morgan fingerprint density at radius 2 is 2.14 bits per heavy atom. The van der Waals surface area contributed by atoms with Crippen molar-refractivity contribution in [2.45, 2.75) is 31.5 Å². The molecule has 1 fully saturated rings. The zero-order chi connectivity index (χ0) is 15.5. The molecule has 0 aliphatic carbocycles. The van der Waals surface area contributed by atoms with Crippen molar-refractivity contribution in [2.24, 2.45) is 0 Å². The van der Waals surface area contributed by atoms with Crippen molar-refractivity contribution < 1.29 is 22.7 Å². The van der Waals surface area contributed by atoms with Crippen molar-refractivity contribution in [3.8, 4) is 0 Å². The molecule has 0 saturated carbocycles. The first-order valence-corrected chi connectivity index (χ1v) is 6.91. The van der Waals surface area contributed by atoms with Gasteiger partial charge in [-0.2, -0.15) is 13.2 Å². The van der Waals surface area contributed by atoms with E-state index in [2.05, 4.69) is 0 Å². The second kappa shape index (κ2) is 6.47. The number of carbonyl (C=O) groups is 1. The molecule has 1 atom stereocenters. The molecular weight excluding hydrogens is 283 g/mol. The van der Waals surface area contributed by atoms with E-state index >= 15 is 0 Å². The molecule has 1 aliphatic heterocycles. The third kappa shape index (κ3) is 3.97. The number of benzene rings is 1. The van der Waals surface area contributed by atoms with Gasteiger partial charge in [0.25, 0.3) is 0 Å². The predicted octanol–water partition coefficient (Wildman–Crippen LogP) is 3.52. The van der Waals surface area contributed by atoms with Gasteiger partial charge >= 0.3 is 6.18 Å². The maximum atomic E-state index is 13.1. The maximum absolute atomic E-state index is 13.1. The van der Waals surface area contributed by atoms with Crippen LogP contribution in [0.3, 0.4) is 0 Å². The highest BCUT2D eigenvalue weighted by molar-refractivity contribution is 5.77. The quantitative estimate of drug-likeness (QED) is 0.797. The van der Waals surface area contributed by atoms with Gasteiger partial charge in [-0.1, -0.05) is 0 Å². The van der Waals surface area contributed by atoms with Crippen LogP contribution in [0.15, 0.2) is 18.2 Å². The highest BCUT2D eigenvalue weighted by Crippen LogP contribution is 2.37. The summed E-state index contributed by atoms with van der Waals surface area (Å²) in [5, 5.41) is 0. The molecule has 1 saturated heterocycles. The molecule has 1 aromatic rings. The number of aldehydes is 1. The molecule has 0 radical (unpaired) electrons. The van der Waals surface area contributed by atoms with Crippen molar-refractivity contribution in [3.05, 3.63) is 29.3 Å². The normalized spacial score (nSPS) is 19.3. The van der Waals surface area contributed by atoms with Crippen molar-refractivity contribution in [2.75, 3.05) is 25.1 Å². The zero-order valence-electron chi connectivity index (χ0n) is 11.8. The molecule has 1 aromatic carbocycles. The second-order valence-electron chi connectivity index (χ2n) is 5.26. The number of alkyl halides is 3. The van der Waals surface area contributed by atoms with E-state index in [-0.39, 0.29) is 17.4 Å². The zero-order valence-corrected chi connectivity index (χ0v) is 11.8. The van der Waals surface area contributed by atoms with Crippen LogP contribution in [0.2, 0.25) is 0 Å². The number of halogens is 3. The summed E-state index contributed by atoms with van der Waals surface area (Å²) < 4.78 is 45.0. The lowest BCUT2D eigenvalue weighted by molar-refractivity contribution is -0.137. The molecule has 6 heteroatoms. The van der Waals surface area contributed by atoms with Crippen LogP contribution in [0.1, 0.15) is 35.2 Å². The van der Waals surface area contributed by atoms with Gasteiger partial charge in [0, 0.05) is 31.5 Å². The Labute approximate surface area is 121 Å². The number of ether oxygens (including phenoxy) is 1. The number of anilines is 1.